The van der Waals surface area contributed by atoms with Gasteiger partial charge in [-0.15, -0.1) is 0 Å². The minimum absolute atomic E-state index is 0.0528. The fourth-order valence-corrected chi connectivity index (χ4v) is 3.75. The molecule has 0 bridgehead atoms. The van der Waals surface area contributed by atoms with Crippen molar-refractivity contribution in [1.82, 2.24) is 20.4 Å². The van der Waals surface area contributed by atoms with Gasteiger partial charge >= 0.3 is 0 Å². The smallest absolute Gasteiger partial charge is 0.274 e. The van der Waals surface area contributed by atoms with Gasteiger partial charge in [0.1, 0.15) is 11.3 Å². The monoisotopic (exact) mass is 366 g/mol. The first-order chi connectivity index (χ1) is 13.2. The van der Waals surface area contributed by atoms with Crippen molar-refractivity contribution in [3.8, 4) is 0 Å². The van der Waals surface area contributed by atoms with Gasteiger partial charge in [0.25, 0.3) is 5.91 Å². The standard InChI is InChI=1S/C21H26N4O2/c1-3-4-8-19-16(14-7-5-6-9-18(14)27-19)13-25(2)21(26)20-15-12-22-11-10-17(15)23-24-20/h5-7,9,22H,3-4,8,10-13H2,1-2H3,(H,23,24). The van der Waals surface area contributed by atoms with Crippen LogP contribution in [0.4, 0.5) is 0 Å². The van der Waals surface area contributed by atoms with Gasteiger partial charge in [-0.25, -0.2) is 0 Å². The molecule has 0 unspecified atom stereocenters. The van der Waals surface area contributed by atoms with E-state index >= 15 is 0 Å². The van der Waals surface area contributed by atoms with Crippen LogP contribution in [0.25, 0.3) is 11.0 Å². The van der Waals surface area contributed by atoms with Gasteiger partial charge in [0.2, 0.25) is 0 Å². The zero-order chi connectivity index (χ0) is 18.8. The van der Waals surface area contributed by atoms with Crippen LogP contribution in [0, 0.1) is 0 Å². The predicted octanol–water partition coefficient (Wildman–Crippen LogP) is 3.42. The van der Waals surface area contributed by atoms with Gasteiger partial charge in [-0.1, -0.05) is 31.5 Å². The molecule has 1 amide bonds. The van der Waals surface area contributed by atoms with Crippen molar-refractivity contribution in [2.24, 2.45) is 0 Å². The maximum Gasteiger partial charge on any atom is 0.274 e. The first-order valence-corrected chi connectivity index (χ1v) is 9.70. The molecule has 0 radical (unpaired) electrons. The van der Waals surface area contributed by atoms with Crippen LogP contribution in [0.2, 0.25) is 0 Å². The topological polar surface area (TPSA) is 74.2 Å². The highest BCUT2D eigenvalue weighted by Gasteiger charge is 2.25. The van der Waals surface area contributed by atoms with E-state index in [9.17, 15) is 4.79 Å². The zero-order valence-electron chi connectivity index (χ0n) is 16.0. The number of aryl methyl sites for hydroxylation is 1. The number of para-hydroxylation sites is 1. The van der Waals surface area contributed by atoms with Crippen LogP contribution < -0.4 is 5.32 Å². The maximum absolute atomic E-state index is 13.1. The number of unbranched alkanes of at least 4 members (excludes halogenated alkanes) is 1. The molecule has 4 rings (SSSR count). The fourth-order valence-electron chi connectivity index (χ4n) is 3.75. The van der Waals surface area contributed by atoms with Crippen molar-refractivity contribution < 1.29 is 9.21 Å². The van der Waals surface area contributed by atoms with Crippen molar-refractivity contribution in [1.29, 1.82) is 0 Å². The molecule has 0 saturated carbocycles. The van der Waals surface area contributed by atoms with E-state index < -0.39 is 0 Å². The lowest BCUT2D eigenvalue weighted by Gasteiger charge is -2.18. The van der Waals surface area contributed by atoms with Crippen molar-refractivity contribution >= 4 is 16.9 Å². The Bertz CT molecular complexity index is 956. The van der Waals surface area contributed by atoms with Crippen molar-refractivity contribution in [2.75, 3.05) is 13.6 Å². The van der Waals surface area contributed by atoms with E-state index in [1.807, 2.05) is 25.2 Å². The second-order valence-electron chi connectivity index (χ2n) is 7.22. The van der Waals surface area contributed by atoms with Gasteiger partial charge in [-0.05, 0) is 12.5 Å². The molecule has 2 N–H and O–H groups in total. The molecule has 1 aromatic carbocycles. The third-order valence-electron chi connectivity index (χ3n) is 5.29. The van der Waals surface area contributed by atoms with Gasteiger partial charge in [0.05, 0.1) is 0 Å². The largest absolute Gasteiger partial charge is 0.461 e. The summed E-state index contributed by atoms with van der Waals surface area (Å²) in [5.74, 6) is 0.936. The van der Waals surface area contributed by atoms with Crippen LogP contribution in [0.15, 0.2) is 28.7 Å². The predicted molar refractivity (Wildman–Crippen MR) is 105 cm³/mol. The maximum atomic E-state index is 13.1. The van der Waals surface area contributed by atoms with Crippen LogP contribution >= 0.6 is 0 Å². The lowest BCUT2D eigenvalue weighted by atomic mass is 10.1. The molecule has 1 aliphatic heterocycles. The number of H-pyrrole nitrogens is 1. The Balaban J connectivity index is 1.61. The first-order valence-electron chi connectivity index (χ1n) is 9.70. The Morgan fingerprint density at radius 2 is 2.19 bits per heavy atom. The normalized spacial score (nSPS) is 13.7. The van der Waals surface area contributed by atoms with E-state index in [0.717, 1.165) is 65.8 Å². The first kappa shape index (κ1) is 17.8. The molecule has 2 aromatic heterocycles. The number of aromatic nitrogens is 2. The number of fused-ring (bicyclic) bond motifs is 2. The third kappa shape index (κ3) is 3.37. The van der Waals surface area contributed by atoms with E-state index in [1.165, 1.54) is 0 Å². The molecular formula is C21H26N4O2. The number of amides is 1. The number of carbonyl (C=O) groups excluding carboxylic acids is 1. The highest BCUT2D eigenvalue weighted by Crippen LogP contribution is 2.29. The summed E-state index contributed by atoms with van der Waals surface area (Å²) in [6.07, 6.45) is 3.96. The zero-order valence-corrected chi connectivity index (χ0v) is 16.0. The summed E-state index contributed by atoms with van der Waals surface area (Å²) >= 11 is 0. The second kappa shape index (κ2) is 7.56. The summed E-state index contributed by atoms with van der Waals surface area (Å²) in [6, 6.07) is 8.06. The third-order valence-corrected chi connectivity index (χ3v) is 5.29. The van der Waals surface area contributed by atoms with Crippen molar-refractivity contribution in [3.05, 3.63) is 52.5 Å². The van der Waals surface area contributed by atoms with Gasteiger partial charge in [0, 0.05) is 61.7 Å². The molecule has 0 fully saturated rings. The summed E-state index contributed by atoms with van der Waals surface area (Å²) in [7, 11) is 1.84. The van der Waals surface area contributed by atoms with E-state index in [2.05, 4.69) is 28.5 Å². The second-order valence-corrected chi connectivity index (χ2v) is 7.22. The molecule has 6 heteroatoms. The quantitative estimate of drug-likeness (QED) is 0.701. The molecule has 142 valence electrons. The molecule has 1 aliphatic rings. The Morgan fingerprint density at radius 1 is 1.33 bits per heavy atom. The Kier molecular flexibility index (Phi) is 4.99. The van der Waals surface area contributed by atoms with Crippen LogP contribution in [-0.4, -0.2) is 34.6 Å². The van der Waals surface area contributed by atoms with Gasteiger partial charge < -0.3 is 14.6 Å². The number of hydrogen-bond acceptors (Lipinski definition) is 4. The van der Waals surface area contributed by atoms with Crippen LogP contribution in [0.3, 0.4) is 0 Å². The van der Waals surface area contributed by atoms with Crippen molar-refractivity contribution in [3.63, 3.8) is 0 Å². The van der Waals surface area contributed by atoms with Gasteiger partial charge in [-0.2, -0.15) is 5.10 Å². The average Bonchev–Trinajstić information content (AvgIpc) is 3.27. The van der Waals surface area contributed by atoms with Crippen molar-refractivity contribution in [2.45, 2.75) is 45.7 Å². The number of aromatic amines is 1. The lowest BCUT2D eigenvalue weighted by Crippen LogP contribution is -2.30. The minimum Gasteiger partial charge on any atom is -0.461 e. The Labute approximate surface area is 158 Å². The SMILES string of the molecule is CCCCc1oc2ccccc2c1CN(C)C(=O)c1n[nH]c2c1CNCC2. The fraction of sp³-hybridized carbons (Fsp3) is 0.429. The number of hydrogen-bond donors (Lipinski definition) is 2. The van der Waals surface area contributed by atoms with Crippen LogP contribution in [0.5, 0.6) is 0 Å². The Hall–Kier alpha value is -2.60. The number of nitrogens with zero attached hydrogens (tertiary/aromatic N) is 2. The van der Waals surface area contributed by atoms with Gasteiger partial charge in [0.15, 0.2) is 5.69 Å². The number of nitrogens with one attached hydrogen (secondary N) is 2. The molecule has 0 atom stereocenters. The van der Waals surface area contributed by atoms with E-state index in [4.69, 9.17) is 4.42 Å². The molecular weight excluding hydrogens is 340 g/mol. The average molecular weight is 366 g/mol. The highest BCUT2D eigenvalue weighted by atomic mass is 16.3. The summed E-state index contributed by atoms with van der Waals surface area (Å²) < 4.78 is 6.09. The number of carbonyl (C=O) groups is 1. The number of benzene rings is 1. The van der Waals surface area contributed by atoms with Crippen LogP contribution in [-0.2, 0) is 25.9 Å². The summed E-state index contributed by atoms with van der Waals surface area (Å²) in [5, 5.41) is 11.7. The molecule has 27 heavy (non-hydrogen) atoms. The molecule has 6 nitrogen and oxygen atoms in total. The van der Waals surface area contributed by atoms with Gasteiger partial charge in [-0.3, -0.25) is 9.89 Å². The summed E-state index contributed by atoms with van der Waals surface area (Å²) in [4.78, 5) is 14.8. The molecule has 0 aliphatic carbocycles. The number of rotatable bonds is 6. The van der Waals surface area contributed by atoms with Crippen LogP contribution in [0.1, 0.15) is 52.8 Å². The molecule has 0 spiro atoms. The Morgan fingerprint density at radius 3 is 3.04 bits per heavy atom. The molecule has 3 heterocycles. The molecule has 0 saturated heterocycles. The highest BCUT2D eigenvalue weighted by molar-refractivity contribution is 5.94. The molecule has 3 aromatic rings. The van der Waals surface area contributed by atoms with E-state index in [1.54, 1.807) is 4.90 Å². The number of furan rings is 1. The van der Waals surface area contributed by atoms with E-state index in [0.29, 0.717) is 18.8 Å². The van der Waals surface area contributed by atoms with E-state index in [-0.39, 0.29) is 5.91 Å². The minimum atomic E-state index is -0.0528. The summed E-state index contributed by atoms with van der Waals surface area (Å²) in [5.41, 5.74) is 4.60. The lowest BCUT2D eigenvalue weighted by molar-refractivity contribution is 0.0778. The summed E-state index contributed by atoms with van der Waals surface area (Å²) in [6.45, 7) is 4.30.